The van der Waals surface area contributed by atoms with E-state index in [2.05, 4.69) is 45.0 Å². The Hall–Kier alpha value is -1.64. The summed E-state index contributed by atoms with van der Waals surface area (Å²) in [7, 11) is 0. The van der Waals surface area contributed by atoms with Gasteiger partial charge in [-0.3, -0.25) is 0 Å². The minimum Gasteiger partial charge on any atom is -0.198 e. The first-order chi connectivity index (χ1) is 14.3. The molecule has 0 aromatic heterocycles. The van der Waals surface area contributed by atoms with Crippen LogP contribution < -0.4 is 0 Å². The average Bonchev–Trinajstić information content (AvgIpc) is 3.48. The van der Waals surface area contributed by atoms with Crippen molar-refractivity contribution in [3.8, 4) is 11.1 Å². The van der Waals surface area contributed by atoms with E-state index in [0.29, 0.717) is 0 Å². The number of rotatable bonds is 11. The summed E-state index contributed by atoms with van der Waals surface area (Å²) in [5.74, 6) is 0. The molecule has 0 bridgehead atoms. The highest BCUT2D eigenvalue weighted by molar-refractivity contribution is 5.83. The second kappa shape index (κ2) is 9.45. The van der Waals surface area contributed by atoms with E-state index in [-0.39, 0.29) is 6.29 Å². The molecule has 4 rings (SSSR count). The monoisotopic (exact) mass is 392 g/mol. The number of unbranched alkanes of at least 4 members (excludes halogenated alkanes) is 3. The van der Waals surface area contributed by atoms with Crippen molar-refractivity contribution in [3.63, 3.8) is 0 Å². The van der Waals surface area contributed by atoms with Gasteiger partial charge in [-0.2, -0.15) is 9.78 Å². The predicted octanol–water partition coefficient (Wildman–Crippen LogP) is 7.12. The third-order valence-electron chi connectivity index (χ3n) is 6.66. The van der Waals surface area contributed by atoms with E-state index in [0.717, 1.165) is 12.8 Å². The number of hydrogen-bond acceptors (Lipinski definition) is 2. The zero-order valence-corrected chi connectivity index (χ0v) is 18.5. The Balaban J connectivity index is 1.92. The molecule has 2 heteroatoms. The molecular formula is C27H36O2. The van der Waals surface area contributed by atoms with Gasteiger partial charge in [0.2, 0.25) is 6.29 Å². The third kappa shape index (κ3) is 4.29. The molecule has 1 heterocycles. The molecule has 0 unspecified atom stereocenters. The van der Waals surface area contributed by atoms with Crippen LogP contribution in [0.15, 0.2) is 24.3 Å². The van der Waals surface area contributed by atoms with Crippen LogP contribution in [0.1, 0.15) is 92.7 Å². The normalized spacial score (nSPS) is 14.9. The molecule has 2 aromatic carbocycles. The lowest BCUT2D eigenvalue weighted by atomic mass is 9.80. The van der Waals surface area contributed by atoms with Crippen LogP contribution in [0.4, 0.5) is 0 Å². The molecule has 2 aliphatic rings. The summed E-state index contributed by atoms with van der Waals surface area (Å²) < 4.78 is 0. The molecule has 0 spiro atoms. The van der Waals surface area contributed by atoms with Crippen LogP contribution in [0.5, 0.6) is 0 Å². The largest absolute Gasteiger partial charge is 0.228 e. The minimum absolute atomic E-state index is 0.0382. The highest BCUT2D eigenvalue weighted by atomic mass is 17.4. The van der Waals surface area contributed by atoms with Crippen molar-refractivity contribution in [3.05, 3.63) is 57.6 Å². The summed E-state index contributed by atoms with van der Waals surface area (Å²) in [5.41, 5.74) is 12.6. The molecule has 0 N–H and O–H groups in total. The summed E-state index contributed by atoms with van der Waals surface area (Å²) in [6.45, 7) is 6.93. The summed E-state index contributed by atoms with van der Waals surface area (Å²) in [6.07, 6.45) is 13.1. The van der Waals surface area contributed by atoms with Crippen LogP contribution in [-0.2, 0) is 41.9 Å². The fourth-order valence-corrected chi connectivity index (χ4v) is 5.12. The number of hydrogen-bond donors (Lipinski definition) is 0. The zero-order chi connectivity index (χ0) is 20.2. The molecule has 0 saturated carbocycles. The fourth-order valence-electron chi connectivity index (χ4n) is 5.12. The van der Waals surface area contributed by atoms with Crippen molar-refractivity contribution in [1.29, 1.82) is 0 Å². The van der Waals surface area contributed by atoms with Crippen molar-refractivity contribution in [2.45, 2.75) is 97.7 Å². The van der Waals surface area contributed by atoms with Crippen molar-refractivity contribution in [2.24, 2.45) is 0 Å². The van der Waals surface area contributed by atoms with E-state index in [4.69, 9.17) is 9.78 Å². The van der Waals surface area contributed by atoms with Gasteiger partial charge in [-0.1, -0.05) is 64.3 Å². The van der Waals surface area contributed by atoms with Crippen LogP contribution in [0.25, 0.3) is 11.1 Å². The summed E-state index contributed by atoms with van der Waals surface area (Å²) in [5, 5.41) is 0. The predicted molar refractivity (Wildman–Crippen MR) is 120 cm³/mol. The van der Waals surface area contributed by atoms with Crippen LogP contribution >= 0.6 is 0 Å². The molecule has 156 valence electrons. The van der Waals surface area contributed by atoms with E-state index in [1.807, 2.05) is 0 Å². The van der Waals surface area contributed by atoms with Crippen molar-refractivity contribution >= 4 is 0 Å². The minimum atomic E-state index is -0.0382. The lowest BCUT2D eigenvalue weighted by Gasteiger charge is -2.24. The molecule has 0 atom stereocenters. The Morgan fingerprint density at radius 2 is 1.34 bits per heavy atom. The number of fused-ring (bicyclic) bond motifs is 3. The maximum absolute atomic E-state index is 5.22. The molecule has 2 aromatic rings. The van der Waals surface area contributed by atoms with E-state index in [1.54, 1.807) is 33.4 Å². The highest BCUT2D eigenvalue weighted by Gasteiger charge is 2.33. The first-order valence-corrected chi connectivity index (χ1v) is 11.9. The standard InChI is InChI=1S/C27H36O2/c1-4-7-13-21-22(14-8-5-2)24(18-26-28-29-26)25-17-19-12-10-11-16-20(19)27(25)23(21)15-9-6-3/h10-12,16,26H,4-9,13-15,17-18H2,1-3H3. The van der Waals surface area contributed by atoms with Crippen molar-refractivity contribution in [1.82, 2.24) is 0 Å². The van der Waals surface area contributed by atoms with Crippen molar-refractivity contribution < 1.29 is 9.78 Å². The Bertz CT molecular complexity index is 848. The molecule has 1 fully saturated rings. The van der Waals surface area contributed by atoms with Crippen molar-refractivity contribution in [2.75, 3.05) is 0 Å². The van der Waals surface area contributed by atoms with Gasteiger partial charge < -0.3 is 0 Å². The van der Waals surface area contributed by atoms with Crippen LogP contribution in [0.2, 0.25) is 0 Å². The van der Waals surface area contributed by atoms with Gasteiger partial charge in [-0.05, 0) is 89.5 Å². The third-order valence-corrected chi connectivity index (χ3v) is 6.66. The summed E-state index contributed by atoms with van der Waals surface area (Å²) >= 11 is 0. The molecule has 1 aliphatic heterocycles. The summed E-state index contributed by atoms with van der Waals surface area (Å²) in [4.78, 5) is 10.4. The lowest BCUT2D eigenvalue weighted by Crippen LogP contribution is -2.12. The molecule has 29 heavy (non-hydrogen) atoms. The second-order valence-electron chi connectivity index (χ2n) is 8.74. The smallest absolute Gasteiger partial charge is 0.198 e. The summed E-state index contributed by atoms with van der Waals surface area (Å²) in [6, 6.07) is 9.07. The van der Waals surface area contributed by atoms with Gasteiger partial charge in [0, 0.05) is 6.42 Å². The van der Waals surface area contributed by atoms with E-state index < -0.39 is 0 Å². The molecule has 1 aliphatic carbocycles. The quantitative estimate of drug-likeness (QED) is 0.256. The van der Waals surface area contributed by atoms with Gasteiger partial charge in [-0.15, -0.1) is 0 Å². The molecule has 0 radical (unpaired) electrons. The van der Waals surface area contributed by atoms with Crippen LogP contribution in [0, 0.1) is 0 Å². The van der Waals surface area contributed by atoms with E-state index >= 15 is 0 Å². The molecule has 0 amide bonds. The first kappa shape index (κ1) is 20.6. The first-order valence-electron chi connectivity index (χ1n) is 11.9. The molecule has 1 saturated heterocycles. The SMILES string of the molecule is CCCCc1c(CCCC)c(CCCC)c2c(c1CC1OO1)Cc1ccccc1-2. The Labute approximate surface area is 176 Å². The van der Waals surface area contributed by atoms with E-state index in [1.165, 1.54) is 68.9 Å². The van der Waals surface area contributed by atoms with Crippen LogP contribution in [0.3, 0.4) is 0 Å². The van der Waals surface area contributed by atoms with E-state index in [9.17, 15) is 0 Å². The maximum Gasteiger partial charge on any atom is 0.228 e. The van der Waals surface area contributed by atoms with Gasteiger partial charge in [0.1, 0.15) is 0 Å². The Morgan fingerprint density at radius 3 is 1.97 bits per heavy atom. The Kier molecular flexibility index (Phi) is 6.72. The molecular weight excluding hydrogens is 356 g/mol. The van der Waals surface area contributed by atoms with Gasteiger partial charge in [-0.25, -0.2) is 0 Å². The topological polar surface area (TPSA) is 25.1 Å². The van der Waals surface area contributed by atoms with Gasteiger partial charge >= 0.3 is 0 Å². The van der Waals surface area contributed by atoms with Gasteiger partial charge in [0.05, 0.1) is 0 Å². The average molecular weight is 393 g/mol. The number of benzene rings is 2. The maximum atomic E-state index is 5.22. The fraction of sp³-hybridized carbons (Fsp3) is 0.556. The van der Waals surface area contributed by atoms with Crippen LogP contribution in [-0.4, -0.2) is 6.29 Å². The second-order valence-corrected chi connectivity index (χ2v) is 8.74. The zero-order valence-electron chi connectivity index (χ0n) is 18.5. The Morgan fingerprint density at radius 1 is 0.759 bits per heavy atom. The van der Waals surface area contributed by atoms with Gasteiger partial charge in [0.25, 0.3) is 0 Å². The lowest BCUT2D eigenvalue weighted by molar-refractivity contribution is 0.0850. The molecule has 2 nitrogen and oxygen atoms in total. The van der Waals surface area contributed by atoms with Gasteiger partial charge in [0.15, 0.2) is 0 Å². The highest BCUT2D eigenvalue weighted by Crippen LogP contribution is 2.46.